The highest BCUT2D eigenvalue weighted by Gasteiger charge is 2.19. The average molecular weight is 247 g/mol. The van der Waals surface area contributed by atoms with Crippen molar-refractivity contribution in [3.8, 4) is 0 Å². The molecule has 5 nitrogen and oxygen atoms in total. The maximum atomic E-state index is 13.2. The monoisotopic (exact) mass is 247 g/mol. The van der Waals surface area contributed by atoms with Gasteiger partial charge < -0.3 is 5.73 Å². The van der Waals surface area contributed by atoms with Crippen molar-refractivity contribution < 1.29 is 12.8 Å². The van der Waals surface area contributed by atoms with Gasteiger partial charge in [0.15, 0.2) is 5.82 Å². The van der Waals surface area contributed by atoms with E-state index in [2.05, 4.69) is 9.71 Å². The number of pyridine rings is 1. The Morgan fingerprint density at radius 1 is 1.44 bits per heavy atom. The summed E-state index contributed by atoms with van der Waals surface area (Å²) in [7, 11) is -3.85. The van der Waals surface area contributed by atoms with Gasteiger partial charge in [0.05, 0.1) is 0 Å². The van der Waals surface area contributed by atoms with E-state index in [1.165, 1.54) is 12.3 Å². The van der Waals surface area contributed by atoms with Crippen LogP contribution in [0.15, 0.2) is 23.4 Å². The van der Waals surface area contributed by atoms with Crippen LogP contribution in [0.5, 0.6) is 0 Å². The van der Waals surface area contributed by atoms with Crippen LogP contribution < -0.4 is 10.5 Å². The molecule has 0 saturated heterocycles. The van der Waals surface area contributed by atoms with Crippen molar-refractivity contribution in [3.63, 3.8) is 0 Å². The normalized spacial score (nSPS) is 11.6. The Balaban J connectivity index is 2.68. The fourth-order valence-corrected chi connectivity index (χ4v) is 2.19. The van der Waals surface area contributed by atoms with E-state index in [4.69, 9.17) is 5.73 Å². The van der Waals surface area contributed by atoms with Crippen molar-refractivity contribution in [2.24, 2.45) is 5.73 Å². The fraction of sp³-hybridized carbons (Fsp3) is 0.444. The number of nitrogens with one attached hydrogen (secondary N) is 1. The van der Waals surface area contributed by atoms with Crippen LogP contribution in [0.3, 0.4) is 0 Å². The zero-order valence-corrected chi connectivity index (χ0v) is 9.50. The Hall–Kier alpha value is -1.05. The number of nitrogens with zero attached hydrogens (tertiary/aromatic N) is 1. The number of rotatable bonds is 6. The van der Waals surface area contributed by atoms with Crippen molar-refractivity contribution >= 4 is 10.0 Å². The van der Waals surface area contributed by atoms with Gasteiger partial charge in [-0.1, -0.05) is 0 Å². The molecule has 1 aromatic heterocycles. The third-order valence-corrected chi connectivity index (χ3v) is 3.30. The van der Waals surface area contributed by atoms with Crippen molar-refractivity contribution in [1.82, 2.24) is 9.71 Å². The molecular weight excluding hydrogens is 233 g/mol. The van der Waals surface area contributed by atoms with E-state index in [1.54, 1.807) is 0 Å². The molecule has 0 aromatic carbocycles. The molecule has 3 N–H and O–H groups in total. The zero-order valence-electron chi connectivity index (χ0n) is 8.69. The Kier molecular flexibility index (Phi) is 4.78. The molecule has 1 rings (SSSR count). The molecule has 0 amide bonds. The quantitative estimate of drug-likeness (QED) is 0.705. The van der Waals surface area contributed by atoms with Crippen molar-refractivity contribution in [2.75, 3.05) is 13.1 Å². The first-order valence-electron chi connectivity index (χ1n) is 4.88. The van der Waals surface area contributed by atoms with Crippen LogP contribution in [0.2, 0.25) is 0 Å². The molecular formula is C9H14FN3O2S. The number of hydrogen-bond acceptors (Lipinski definition) is 4. The SMILES string of the molecule is NCCCCNS(=O)(=O)c1ncccc1F. The summed E-state index contributed by atoms with van der Waals surface area (Å²) in [6.45, 7) is 0.731. The second kappa shape index (κ2) is 5.88. The minimum Gasteiger partial charge on any atom is -0.330 e. The molecule has 0 aliphatic rings. The van der Waals surface area contributed by atoms with Crippen LogP contribution in [0.25, 0.3) is 0 Å². The summed E-state index contributed by atoms with van der Waals surface area (Å²) in [6.07, 6.45) is 2.56. The van der Waals surface area contributed by atoms with Gasteiger partial charge in [0.1, 0.15) is 0 Å². The van der Waals surface area contributed by atoms with Crippen LogP contribution in [0.4, 0.5) is 4.39 Å². The molecule has 0 atom stereocenters. The lowest BCUT2D eigenvalue weighted by molar-refractivity contribution is 0.542. The van der Waals surface area contributed by atoms with E-state index in [1.807, 2.05) is 0 Å². The van der Waals surface area contributed by atoms with Crippen LogP contribution in [0, 0.1) is 5.82 Å². The molecule has 0 saturated carbocycles. The van der Waals surface area contributed by atoms with Gasteiger partial charge in [-0.3, -0.25) is 0 Å². The summed E-state index contributed by atoms with van der Waals surface area (Å²) >= 11 is 0. The second-order valence-electron chi connectivity index (χ2n) is 3.18. The summed E-state index contributed by atoms with van der Waals surface area (Å²) in [5, 5.41) is -0.567. The molecule has 0 spiro atoms. The first-order chi connectivity index (χ1) is 7.58. The predicted octanol–water partition coefficient (Wildman–Crippen LogP) is 0.238. The van der Waals surface area contributed by atoms with E-state index in [0.29, 0.717) is 19.4 Å². The summed E-state index contributed by atoms with van der Waals surface area (Å²) in [5.41, 5.74) is 5.26. The van der Waals surface area contributed by atoms with E-state index in [0.717, 1.165) is 6.07 Å². The number of halogens is 1. The molecule has 1 heterocycles. The molecule has 0 aliphatic heterocycles. The molecule has 0 radical (unpaired) electrons. The number of sulfonamides is 1. The van der Waals surface area contributed by atoms with Crippen molar-refractivity contribution in [3.05, 3.63) is 24.1 Å². The third-order valence-electron chi connectivity index (χ3n) is 1.90. The molecule has 90 valence electrons. The second-order valence-corrected chi connectivity index (χ2v) is 4.87. The van der Waals surface area contributed by atoms with Gasteiger partial charge >= 0.3 is 0 Å². The lowest BCUT2D eigenvalue weighted by atomic mass is 10.3. The van der Waals surface area contributed by atoms with E-state index in [-0.39, 0.29) is 6.54 Å². The first kappa shape index (κ1) is 13.0. The number of nitrogens with two attached hydrogens (primary N) is 1. The average Bonchev–Trinajstić information content (AvgIpc) is 2.25. The van der Waals surface area contributed by atoms with Crippen LogP contribution in [0.1, 0.15) is 12.8 Å². The number of aromatic nitrogens is 1. The highest BCUT2D eigenvalue weighted by Crippen LogP contribution is 2.09. The smallest absolute Gasteiger partial charge is 0.261 e. The highest BCUT2D eigenvalue weighted by atomic mass is 32.2. The molecule has 0 fully saturated rings. The Morgan fingerprint density at radius 2 is 2.19 bits per heavy atom. The van der Waals surface area contributed by atoms with Gasteiger partial charge in [0, 0.05) is 12.7 Å². The maximum Gasteiger partial charge on any atom is 0.261 e. The topological polar surface area (TPSA) is 85.1 Å². The third kappa shape index (κ3) is 3.51. The lowest BCUT2D eigenvalue weighted by Gasteiger charge is -2.05. The maximum absolute atomic E-state index is 13.2. The van der Waals surface area contributed by atoms with Gasteiger partial charge in [0.2, 0.25) is 5.03 Å². The van der Waals surface area contributed by atoms with Crippen molar-refractivity contribution in [2.45, 2.75) is 17.9 Å². The van der Waals surface area contributed by atoms with Crippen LogP contribution >= 0.6 is 0 Å². The molecule has 0 unspecified atom stereocenters. The highest BCUT2D eigenvalue weighted by molar-refractivity contribution is 7.89. The van der Waals surface area contributed by atoms with Crippen LogP contribution in [-0.2, 0) is 10.0 Å². The fourth-order valence-electron chi connectivity index (χ4n) is 1.11. The molecule has 1 aromatic rings. The first-order valence-corrected chi connectivity index (χ1v) is 6.36. The summed E-state index contributed by atoms with van der Waals surface area (Å²) in [4.78, 5) is 3.50. The van der Waals surface area contributed by atoms with E-state index < -0.39 is 20.9 Å². The van der Waals surface area contributed by atoms with Gasteiger partial charge in [0.25, 0.3) is 10.0 Å². The predicted molar refractivity (Wildman–Crippen MR) is 57.7 cm³/mol. The lowest BCUT2D eigenvalue weighted by Crippen LogP contribution is -2.26. The van der Waals surface area contributed by atoms with Crippen molar-refractivity contribution in [1.29, 1.82) is 0 Å². The zero-order chi connectivity index (χ0) is 12.0. The number of unbranched alkanes of at least 4 members (excludes halogenated alkanes) is 1. The van der Waals surface area contributed by atoms with Crippen LogP contribution in [-0.4, -0.2) is 26.5 Å². The minimum atomic E-state index is -3.85. The molecule has 0 aliphatic carbocycles. The Labute approximate surface area is 93.9 Å². The molecule has 7 heteroatoms. The summed E-state index contributed by atoms with van der Waals surface area (Å²) in [6, 6.07) is 2.39. The van der Waals surface area contributed by atoms with E-state index >= 15 is 0 Å². The van der Waals surface area contributed by atoms with Gasteiger partial charge in [-0.05, 0) is 31.5 Å². The van der Waals surface area contributed by atoms with E-state index in [9.17, 15) is 12.8 Å². The number of hydrogen-bond donors (Lipinski definition) is 2. The molecule has 0 bridgehead atoms. The van der Waals surface area contributed by atoms with Gasteiger partial charge in [-0.15, -0.1) is 0 Å². The van der Waals surface area contributed by atoms with Gasteiger partial charge in [-0.2, -0.15) is 0 Å². The van der Waals surface area contributed by atoms with Gasteiger partial charge in [-0.25, -0.2) is 22.5 Å². The Morgan fingerprint density at radius 3 is 2.81 bits per heavy atom. The Bertz CT molecular complexity index is 436. The summed E-state index contributed by atoms with van der Waals surface area (Å²) < 4.78 is 38.6. The minimum absolute atomic E-state index is 0.232. The standard InChI is InChI=1S/C9H14FN3O2S/c10-8-4-3-6-12-9(8)16(14,15)13-7-2-1-5-11/h3-4,6,13H,1-2,5,7,11H2. The largest absolute Gasteiger partial charge is 0.330 e. The summed E-state index contributed by atoms with van der Waals surface area (Å²) in [5.74, 6) is -0.853. The molecule has 16 heavy (non-hydrogen) atoms.